The Hall–Kier alpha value is -4.04. The summed E-state index contributed by atoms with van der Waals surface area (Å²) in [5.41, 5.74) is 4.55. The first-order valence-electron chi connectivity index (χ1n) is 12.5. The van der Waals surface area contributed by atoms with E-state index in [0.29, 0.717) is 10.9 Å². The van der Waals surface area contributed by atoms with Gasteiger partial charge in [-0.1, -0.05) is 72.5 Å². The summed E-state index contributed by atoms with van der Waals surface area (Å²) < 4.78 is 56.7. The zero-order valence-corrected chi connectivity index (χ0v) is 21.1. The van der Waals surface area contributed by atoms with Crippen LogP contribution in [0.2, 0.25) is 0 Å². The molecule has 0 saturated heterocycles. The van der Waals surface area contributed by atoms with Crippen molar-refractivity contribution in [1.29, 1.82) is 0 Å². The Morgan fingerprint density at radius 1 is 0.763 bits per heavy atom. The highest BCUT2D eigenvalue weighted by Gasteiger charge is 2.28. The lowest BCUT2D eigenvalue weighted by Gasteiger charge is -2.08. The van der Waals surface area contributed by atoms with E-state index in [2.05, 4.69) is 48.3 Å². The maximum absolute atomic E-state index is 15.1. The zero-order chi connectivity index (χ0) is 27.0. The van der Waals surface area contributed by atoms with Crippen LogP contribution in [0.1, 0.15) is 41.2 Å². The summed E-state index contributed by atoms with van der Waals surface area (Å²) in [5.74, 6) is 5.40. The summed E-state index contributed by atoms with van der Waals surface area (Å²) in [7, 11) is 0. The average molecular weight is 517 g/mol. The molecule has 0 unspecified atom stereocenters. The van der Waals surface area contributed by atoms with Gasteiger partial charge in [0.2, 0.25) is 0 Å². The van der Waals surface area contributed by atoms with Gasteiger partial charge >= 0.3 is 6.18 Å². The minimum absolute atomic E-state index is 0.0950. The molecule has 38 heavy (non-hydrogen) atoms. The van der Waals surface area contributed by atoms with E-state index in [1.807, 2.05) is 25.1 Å². The minimum Gasteiger partial charge on any atom is -0.484 e. The lowest BCUT2D eigenvalue weighted by atomic mass is 9.98. The van der Waals surface area contributed by atoms with E-state index in [-0.39, 0.29) is 17.1 Å². The van der Waals surface area contributed by atoms with Crippen molar-refractivity contribution >= 4 is 10.8 Å². The molecule has 0 radical (unpaired) electrons. The number of rotatable bonds is 8. The normalized spacial score (nSPS) is 11.5. The topological polar surface area (TPSA) is 9.23 Å². The Labute approximate surface area is 220 Å². The molecule has 0 aliphatic heterocycles. The summed E-state index contributed by atoms with van der Waals surface area (Å²) >= 11 is 0. The number of aryl methyl sites for hydroxylation is 3. The SMILES string of the molecule is C/C=C/CCc1ccc(CCc2ccc3c(F)c(C#Cc4ccc(OCC(F)(F)F)cc4)ccc3c2)cc1. The summed E-state index contributed by atoms with van der Waals surface area (Å²) in [6.07, 6.45) is 3.71. The van der Waals surface area contributed by atoms with Crippen LogP contribution in [-0.2, 0) is 19.3 Å². The molecule has 4 aromatic carbocycles. The Bertz CT molecular complexity index is 1450. The average Bonchev–Trinajstić information content (AvgIpc) is 2.91. The van der Waals surface area contributed by atoms with Gasteiger partial charge in [0.15, 0.2) is 6.61 Å². The molecule has 0 heterocycles. The van der Waals surface area contributed by atoms with E-state index in [1.54, 1.807) is 24.3 Å². The van der Waals surface area contributed by atoms with Crippen molar-refractivity contribution in [3.8, 4) is 17.6 Å². The molecule has 0 fully saturated rings. The standard InChI is InChI=1S/C33H28F4O/c1-2-3-4-5-24-6-8-25(9-7-24)10-11-27-15-21-31-29(22-27)18-17-28(32(31)34)16-12-26-13-19-30(20-14-26)38-23-33(35,36)37/h2-3,6-9,13-15,17-22H,4-5,10-11,23H2,1H3/b3-2+. The van der Waals surface area contributed by atoms with E-state index in [4.69, 9.17) is 4.74 Å². The molecule has 0 atom stereocenters. The number of halogens is 4. The van der Waals surface area contributed by atoms with Crippen LogP contribution in [-0.4, -0.2) is 12.8 Å². The molecular weight excluding hydrogens is 488 g/mol. The zero-order valence-electron chi connectivity index (χ0n) is 21.1. The van der Waals surface area contributed by atoms with Crippen LogP contribution >= 0.6 is 0 Å². The van der Waals surface area contributed by atoms with Crippen LogP contribution in [0.25, 0.3) is 10.8 Å². The van der Waals surface area contributed by atoms with E-state index in [1.165, 1.54) is 23.3 Å². The Morgan fingerprint density at radius 3 is 2.11 bits per heavy atom. The van der Waals surface area contributed by atoms with E-state index in [0.717, 1.165) is 36.6 Å². The number of alkyl halides is 3. The van der Waals surface area contributed by atoms with Gasteiger partial charge in [-0.3, -0.25) is 0 Å². The predicted octanol–water partition coefficient (Wildman–Crippen LogP) is 8.61. The maximum atomic E-state index is 15.1. The molecule has 0 spiro atoms. The molecule has 1 nitrogen and oxygen atoms in total. The molecule has 0 aliphatic rings. The number of fused-ring (bicyclic) bond motifs is 1. The molecule has 0 N–H and O–H groups in total. The van der Waals surface area contributed by atoms with Crippen molar-refractivity contribution in [2.75, 3.05) is 6.61 Å². The van der Waals surface area contributed by atoms with Gasteiger partial charge in [0, 0.05) is 10.9 Å². The van der Waals surface area contributed by atoms with Gasteiger partial charge in [-0.15, -0.1) is 0 Å². The van der Waals surface area contributed by atoms with Gasteiger partial charge in [-0.25, -0.2) is 4.39 Å². The highest BCUT2D eigenvalue weighted by molar-refractivity contribution is 5.85. The van der Waals surface area contributed by atoms with Gasteiger partial charge in [-0.2, -0.15) is 13.2 Å². The Kier molecular flexibility index (Phi) is 8.86. The smallest absolute Gasteiger partial charge is 0.422 e. The molecular formula is C33H28F4O. The quantitative estimate of drug-likeness (QED) is 0.129. The van der Waals surface area contributed by atoms with Crippen LogP contribution in [0, 0.1) is 17.7 Å². The minimum atomic E-state index is -4.40. The first-order chi connectivity index (χ1) is 18.3. The molecule has 4 aromatic rings. The fraction of sp³-hybridized carbons (Fsp3) is 0.212. The third-order valence-electron chi connectivity index (χ3n) is 6.18. The second kappa shape index (κ2) is 12.5. The van der Waals surface area contributed by atoms with Crippen molar-refractivity contribution in [1.82, 2.24) is 0 Å². The molecule has 0 bridgehead atoms. The van der Waals surface area contributed by atoms with Gasteiger partial charge in [-0.05, 0) is 85.0 Å². The summed E-state index contributed by atoms with van der Waals surface area (Å²) in [5, 5.41) is 1.32. The fourth-order valence-corrected chi connectivity index (χ4v) is 4.11. The highest BCUT2D eigenvalue weighted by atomic mass is 19.4. The van der Waals surface area contributed by atoms with E-state index in [9.17, 15) is 13.2 Å². The van der Waals surface area contributed by atoms with Crippen molar-refractivity contribution in [3.63, 3.8) is 0 Å². The first-order valence-corrected chi connectivity index (χ1v) is 12.5. The number of ether oxygens (including phenoxy) is 1. The van der Waals surface area contributed by atoms with Crippen LogP contribution in [0.5, 0.6) is 5.75 Å². The summed E-state index contributed by atoms with van der Waals surface area (Å²) in [6.45, 7) is 0.679. The van der Waals surface area contributed by atoms with Gasteiger partial charge < -0.3 is 4.74 Å². The maximum Gasteiger partial charge on any atom is 0.422 e. The van der Waals surface area contributed by atoms with Crippen LogP contribution in [0.15, 0.2) is 91.0 Å². The third-order valence-corrected chi connectivity index (χ3v) is 6.18. The summed E-state index contributed by atoms with van der Waals surface area (Å²) in [6, 6.07) is 23.9. The van der Waals surface area contributed by atoms with Gasteiger partial charge in [0.05, 0.1) is 5.56 Å². The number of hydrogen-bond acceptors (Lipinski definition) is 1. The molecule has 0 saturated carbocycles. The predicted molar refractivity (Wildman–Crippen MR) is 145 cm³/mol. The second-order valence-corrected chi connectivity index (χ2v) is 9.09. The van der Waals surface area contributed by atoms with Crippen LogP contribution in [0.3, 0.4) is 0 Å². The highest BCUT2D eigenvalue weighted by Crippen LogP contribution is 2.24. The van der Waals surface area contributed by atoms with Crippen molar-refractivity contribution in [3.05, 3.63) is 125 Å². The lowest BCUT2D eigenvalue weighted by molar-refractivity contribution is -0.153. The molecule has 194 valence electrons. The van der Waals surface area contributed by atoms with E-state index >= 15 is 4.39 Å². The third kappa shape index (κ3) is 7.73. The fourth-order valence-electron chi connectivity index (χ4n) is 4.11. The van der Waals surface area contributed by atoms with Crippen molar-refractivity contribution < 1.29 is 22.3 Å². The first kappa shape index (κ1) is 27.0. The van der Waals surface area contributed by atoms with Crippen molar-refractivity contribution in [2.45, 2.75) is 38.8 Å². The molecule has 0 aliphatic carbocycles. The Balaban J connectivity index is 1.39. The van der Waals surface area contributed by atoms with Crippen LogP contribution in [0.4, 0.5) is 17.6 Å². The molecule has 5 heteroatoms. The Morgan fingerprint density at radius 2 is 1.42 bits per heavy atom. The monoisotopic (exact) mass is 516 g/mol. The van der Waals surface area contributed by atoms with Gasteiger partial charge in [0.25, 0.3) is 0 Å². The molecule has 4 rings (SSSR count). The largest absolute Gasteiger partial charge is 0.484 e. The second-order valence-electron chi connectivity index (χ2n) is 9.09. The van der Waals surface area contributed by atoms with E-state index < -0.39 is 12.8 Å². The van der Waals surface area contributed by atoms with Crippen molar-refractivity contribution in [2.24, 2.45) is 0 Å². The molecule has 0 aromatic heterocycles. The number of allylic oxidation sites excluding steroid dienone is 2. The van der Waals surface area contributed by atoms with Gasteiger partial charge in [0.1, 0.15) is 11.6 Å². The number of benzene rings is 4. The van der Waals surface area contributed by atoms with Crippen LogP contribution < -0.4 is 4.74 Å². The number of hydrogen-bond donors (Lipinski definition) is 0. The summed E-state index contributed by atoms with van der Waals surface area (Å²) in [4.78, 5) is 0. The lowest BCUT2D eigenvalue weighted by Crippen LogP contribution is -2.19. The molecule has 0 amide bonds.